The van der Waals surface area contributed by atoms with Gasteiger partial charge in [0.25, 0.3) is 10.1 Å². The van der Waals surface area contributed by atoms with Crippen LogP contribution in [0.1, 0.15) is 17.0 Å². The van der Waals surface area contributed by atoms with Gasteiger partial charge in [-0.3, -0.25) is 4.18 Å². The molecular formula is C16H16N2O4S. The molecule has 0 unspecified atom stereocenters. The number of aryl methyl sites for hydroxylation is 3. The van der Waals surface area contributed by atoms with Gasteiger partial charge < -0.3 is 4.42 Å². The number of rotatable bonds is 3. The van der Waals surface area contributed by atoms with E-state index in [-0.39, 0.29) is 10.8 Å². The van der Waals surface area contributed by atoms with Crippen molar-refractivity contribution in [1.82, 2.24) is 10.2 Å². The molecule has 6 nitrogen and oxygen atoms in total. The van der Waals surface area contributed by atoms with Crippen molar-refractivity contribution in [3.05, 3.63) is 41.3 Å². The molecule has 7 heteroatoms. The molecule has 0 saturated carbocycles. The van der Waals surface area contributed by atoms with Crippen molar-refractivity contribution in [1.29, 1.82) is 0 Å². The lowest BCUT2D eigenvalue weighted by atomic mass is 10.00. The van der Waals surface area contributed by atoms with Gasteiger partial charge in [-0.05, 0) is 36.9 Å². The predicted molar refractivity (Wildman–Crippen MR) is 85.6 cm³/mol. The molecule has 0 spiro atoms. The summed E-state index contributed by atoms with van der Waals surface area (Å²) in [6.45, 7) is 5.53. The first kappa shape index (κ1) is 15.6. The first-order valence-corrected chi connectivity index (χ1v) is 8.39. The van der Waals surface area contributed by atoms with Crippen LogP contribution in [-0.4, -0.2) is 25.7 Å². The Morgan fingerprint density at radius 3 is 2.35 bits per heavy atom. The van der Waals surface area contributed by atoms with Crippen LogP contribution in [0.15, 0.2) is 33.6 Å². The van der Waals surface area contributed by atoms with Crippen molar-refractivity contribution in [2.75, 3.05) is 7.11 Å². The Labute approximate surface area is 134 Å². The van der Waals surface area contributed by atoms with Crippen LogP contribution in [0.5, 0.6) is 0 Å². The van der Waals surface area contributed by atoms with Crippen LogP contribution in [0.3, 0.4) is 0 Å². The lowest BCUT2D eigenvalue weighted by molar-refractivity contribution is 0.398. The van der Waals surface area contributed by atoms with E-state index in [2.05, 4.69) is 10.2 Å². The molecular weight excluding hydrogens is 316 g/mol. The summed E-state index contributed by atoms with van der Waals surface area (Å²) in [5.74, 6) is 0.689. The summed E-state index contributed by atoms with van der Waals surface area (Å²) < 4.78 is 34.8. The zero-order chi connectivity index (χ0) is 16.8. The van der Waals surface area contributed by atoms with Gasteiger partial charge in [0.15, 0.2) is 0 Å². The summed E-state index contributed by atoms with van der Waals surface area (Å²) in [6.07, 6.45) is 0. The average Bonchev–Trinajstić information content (AvgIpc) is 2.93. The van der Waals surface area contributed by atoms with E-state index in [1.54, 1.807) is 6.92 Å². The van der Waals surface area contributed by atoms with Crippen molar-refractivity contribution in [2.45, 2.75) is 25.7 Å². The third-order valence-corrected chi connectivity index (χ3v) is 4.96. The summed E-state index contributed by atoms with van der Waals surface area (Å²) in [7, 11) is -2.73. The Hall–Kier alpha value is -2.25. The zero-order valence-electron chi connectivity index (χ0n) is 13.2. The van der Waals surface area contributed by atoms with Crippen LogP contribution < -0.4 is 0 Å². The highest BCUT2D eigenvalue weighted by molar-refractivity contribution is 7.87. The van der Waals surface area contributed by atoms with Crippen LogP contribution in [0.2, 0.25) is 0 Å². The molecule has 120 valence electrons. The number of hydrogen-bond donors (Lipinski definition) is 0. The fourth-order valence-corrected chi connectivity index (χ4v) is 3.51. The van der Waals surface area contributed by atoms with Gasteiger partial charge in [0.1, 0.15) is 4.90 Å². The number of benzene rings is 2. The first-order chi connectivity index (χ1) is 10.8. The molecule has 0 aliphatic rings. The van der Waals surface area contributed by atoms with Crippen molar-refractivity contribution < 1.29 is 17.0 Å². The number of aromatic nitrogens is 2. The highest BCUT2D eigenvalue weighted by atomic mass is 32.2. The van der Waals surface area contributed by atoms with Crippen molar-refractivity contribution in [3.8, 4) is 11.5 Å². The molecule has 0 aliphatic heterocycles. The first-order valence-electron chi connectivity index (χ1n) is 6.98. The Bertz CT molecular complexity index is 1010. The van der Waals surface area contributed by atoms with E-state index in [0.717, 1.165) is 23.6 Å². The van der Waals surface area contributed by atoms with Gasteiger partial charge in [0, 0.05) is 17.9 Å². The summed E-state index contributed by atoms with van der Waals surface area (Å²) in [6, 6.07) is 7.18. The second kappa shape index (κ2) is 5.43. The monoisotopic (exact) mass is 332 g/mol. The van der Waals surface area contributed by atoms with E-state index in [4.69, 9.17) is 8.60 Å². The van der Waals surface area contributed by atoms with E-state index in [0.29, 0.717) is 16.8 Å². The van der Waals surface area contributed by atoms with Crippen LogP contribution in [0, 0.1) is 20.8 Å². The minimum absolute atomic E-state index is 0.0927. The topological polar surface area (TPSA) is 82.3 Å². The van der Waals surface area contributed by atoms with Gasteiger partial charge in [-0.25, -0.2) is 0 Å². The maximum atomic E-state index is 12.3. The van der Waals surface area contributed by atoms with Gasteiger partial charge in [-0.2, -0.15) is 8.42 Å². The largest absolute Gasteiger partial charge is 0.421 e. The summed E-state index contributed by atoms with van der Waals surface area (Å²) >= 11 is 0. The fourth-order valence-electron chi connectivity index (χ4n) is 2.62. The standard InChI is InChI=1S/C16H16N2O4S/c1-9-5-10(2)13-7-12(16-18-17-11(3)22-16)8-15(14(13)6-9)23(19,20)21-4/h5-8H,1-4H3. The molecule has 0 aliphatic carbocycles. The Balaban J connectivity index is 2.42. The molecule has 3 aromatic rings. The van der Waals surface area contributed by atoms with E-state index < -0.39 is 10.1 Å². The molecule has 23 heavy (non-hydrogen) atoms. The molecule has 3 rings (SSSR count). The maximum absolute atomic E-state index is 12.3. The molecule has 1 heterocycles. The minimum atomic E-state index is -3.87. The Morgan fingerprint density at radius 2 is 1.74 bits per heavy atom. The molecule has 1 aromatic heterocycles. The molecule has 0 bridgehead atoms. The normalized spacial score (nSPS) is 12.0. The van der Waals surface area contributed by atoms with E-state index in [1.807, 2.05) is 32.0 Å². The second-order valence-electron chi connectivity index (χ2n) is 5.40. The molecule has 2 aromatic carbocycles. The van der Waals surface area contributed by atoms with Gasteiger partial charge in [-0.1, -0.05) is 17.7 Å². The van der Waals surface area contributed by atoms with Crippen LogP contribution in [-0.2, 0) is 14.3 Å². The molecule has 0 radical (unpaired) electrons. The van der Waals surface area contributed by atoms with Crippen molar-refractivity contribution >= 4 is 20.9 Å². The molecule has 0 saturated heterocycles. The quantitative estimate of drug-likeness (QED) is 0.685. The lowest BCUT2D eigenvalue weighted by Crippen LogP contribution is -2.04. The van der Waals surface area contributed by atoms with Crippen molar-refractivity contribution in [2.24, 2.45) is 0 Å². The Kier molecular flexibility index (Phi) is 3.69. The van der Waals surface area contributed by atoms with Gasteiger partial charge in [0.05, 0.1) is 7.11 Å². The molecule has 0 fully saturated rings. The molecule has 0 N–H and O–H groups in total. The van der Waals surface area contributed by atoms with E-state index in [1.165, 1.54) is 6.07 Å². The van der Waals surface area contributed by atoms with Crippen molar-refractivity contribution in [3.63, 3.8) is 0 Å². The number of nitrogens with zero attached hydrogens (tertiary/aromatic N) is 2. The predicted octanol–water partition coefficient (Wildman–Crippen LogP) is 3.15. The van der Waals surface area contributed by atoms with Gasteiger partial charge in [0.2, 0.25) is 11.8 Å². The van der Waals surface area contributed by atoms with E-state index >= 15 is 0 Å². The number of hydrogen-bond acceptors (Lipinski definition) is 6. The average molecular weight is 332 g/mol. The van der Waals surface area contributed by atoms with Gasteiger partial charge in [-0.15, -0.1) is 10.2 Å². The van der Waals surface area contributed by atoms with Crippen LogP contribution in [0.25, 0.3) is 22.2 Å². The summed E-state index contributed by atoms with van der Waals surface area (Å²) in [5, 5.41) is 9.18. The SMILES string of the molecule is COS(=O)(=O)c1cc(-c2nnc(C)o2)cc2c(C)cc(C)cc12. The van der Waals surface area contributed by atoms with Crippen LogP contribution >= 0.6 is 0 Å². The fraction of sp³-hybridized carbons (Fsp3) is 0.250. The summed E-state index contributed by atoms with van der Waals surface area (Å²) in [4.78, 5) is 0.0927. The number of fused-ring (bicyclic) bond motifs is 1. The minimum Gasteiger partial charge on any atom is -0.421 e. The maximum Gasteiger partial charge on any atom is 0.297 e. The smallest absolute Gasteiger partial charge is 0.297 e. The van der Waals surface area contributed by atoms with Gasteiger partial charge >= 0.3 is 0 Å². The Morgan fingerprint density at radius 1 is 1.00 bits per heavy atom. The summed E-state index contributed by atoms with van der Waals surface area (Å²) in [5.41, 5.74) is 2.48. The highest BCUT2D eigenvalue weighted by Gasteiger charge is 2.21. The zero-order valence-corrected chi connectivity index (χ0v) is 14.1. The third-order valence-electron chi connectivity index (χ3n) is 3.64. The molecule has 0 amide bonds. The third kappa shape index (κ3) is 2.73. The lowest BCUT2D eigenvalue weighted by Gasteiger charge is -2.11. The highest BCUT2D eigenvalue weighted by Crippen LogP contribution is 2.33. The van der Waals surface area contributed by atoms with Crippen LogP contribution in [0.4, 0.5) is 0 Å². The molecule has 0 atom stereocenters. The van der Waals surface area contributed by atoms with E-state index in [9.17, 15) is 8.42 Å². The second-order valence-corrected chi connectivity index (χ2v) is 7.08.